The number of Topliss-reactive ketones (excluding diaryl/α,β-unsaturated/α-hetero) is 1. The average molecular weight is 312 g/mol. The highest BCUT2D eigenvalue weighted by Crippen LogP contribution is 2.44. The molecule has 21 heavy (non-hydrogen) atoms. The standard InChI is InChI=1S/C17H28O3S/c1-7-12(21-17(5,6)15(19)20)14(18)13-11(2)9-8-10-16(13,3)4/h8-9,11-13H,7,10H2,1-6H3,(H,19,20). The number of carbonyl (C=O) groups excluding carboxylic acids is 1. The highest BCUT2D eigenvalue weighted by atomic mass is 32.2. The Balaban J connectivity index is 2.98. The second-order valence-electron chi connectivity index (χ2n) is 7.19. The summed E-state index contributed by atoms with van der Waals surface area (Å²) in [6, 6.07) is 0. The Morgan fingerprint density at radius 2 is 2.00 bits per heavy atom. The summed E-state index contributed by atoms with van der Waals surface area (Å²) in [6.45, 7) is 11.7. The number of carboxylic acids is 1. The number of rotatable bonds is 6. The zero-order valence-corrected chi connectivity index (χ0v) is 14.8. The lowest BCUT2D eigenvalue weighted by atomic mass is 9.65. The lowest BCUT2D eigenvalue weighted by Crippen LogP contribution is -2.43. The third-order valence-corrected chi connectivity index (χ3v) is 6.01. The number of thioether (sulfide) groups is 1. The molecular formula is C17H28O3S. The Morgan fingerprint density at radius 3 is 2.43 bits per heavy atom. The molecule has 1 rings (SSSR count). The van der Waals surface area contributed by atoms with Gasteiger partial charge in [-0.15, -0.1) is 11.8 Å². The molecule has 3 nitrogen and oxygen atoms in total. The summed E-state index contributed by atoms with van der Waals surface area (Å²) in [5, 5.41) is 9.03. The van der Waals surface area contributed by atoms with Crippen LogP contribution in [0.15, 0.2) is 12.2 Å². The molecule has 4 heteroatoms. The molecule has 120 valence electrons. The SMILES string of the molecule is CCC(SC(C)(C)C(=O)O)C(=O)C1C(C)C=CCC1(C)C. The van der Waals surface area contributed by atoms with Gasteiger partial charge in [-0.1, -0.05) is 39.8 Å². The predicted molar refractivity (Wildman–Crippen MR) is 88.6 cm³/mol. The van der Waals surface area contributed by atoms with E-state index < -0.39 is 10.7 Å². The first kappa shape index (κ1) is 18.3. The Hall–Kier alpha value is -0.770. The molecule has 1 aliphatic carbocycles. The van der Waals surface area contributed by atoms with Crippen molar-refractivity contribution in [3.8, 4) is 0 Å². The van der Waals surface area contributed by atoms with Gasteiger partial charge < -0.3 is 5.11 Å². The molecule has 0 amide bonds. The van der Waals surface area contributed by atoms with Crippen LogP contribution in [-0.4, -0.2) is 26.9 Å². The van der Waals surface area contributed by atoms with Crippen LogP contribution in [0.1, 0.15) is 54.4 Å². The van der Waals surface area contributed by atoms with E-state index in [1.165, 1.54) is 11.8 Å². The van der Waals surface area contributed by atoms with Gasteiger partial charge in [-0.3, -0.25) is 9.59 Å². The van der Waals surface area contributed by atoms with E-state index in [2.05, 4.69) is 32.9 Å². The molecule has 0 aromatic rings. The summed E-state index contributed by atoms with van der Waals surface area (Å²) in [5.41, 5.74) is -0.0629. The topological polar surface area (TPSA) is 54.4 Å². The molecule has 3 unspecified atom stereocenters. The summed E-state index contributed by atoms with van der Waals surface area (Å²) in [7, 11) is 0. The van der Waals surface area contributed by atoms with Gasteiger partial charge in [-0.05, 0) is 38.0 Å². The Morgan fingerprint density at radius 1 is 1.43 bits per heavy atom. The molecule has 0 spiro atoms. The van der Waals surface area contributed by atoms with Crippen molar-refractivity contribution in [1.82, 2.24) is 0 Å². The minimum Gasteiger partial charge on any atom is -0.480 e. The number of ketones is 1. The van der Waals surface area contributed by atoms with Gasteiger partial charge in [0.25, 0.3) is 0 Å². The minimum atomic E-state index is -0.936. The monoisotopic (exact) mass is 312 g/mol. The van der Waals surface area contributed by atoms with Crippen LogP contribution in [0.25, 0.3) is 0 Å². The molecule has 0 aliphatic heterocycles. The van der Waals surface area contributed by atoms with E-state index in [1.807, 2.05) is 6.92 Å². The summed E-state index contributed by atoms with van der Waals surface area (Å²) in [5.74, 6) is -0.485. The van der Waals surface area contributed by atoms with Crippen LogP contribution in [0.4, 0.5) is 0 Å². The third-order valence-electron chi connectivity index (χ3n) is 4.40. The first-order valence-corrected chi connectivity index (χ1v) is 8.52. The molecule has 1 N–H and O–H groups in total. The zero-order chi connectivity index (χ0) is 16.4. The van der Waals surface area contributed by atoms with E-state index in [0.717, 1.165) is 6.42 Å². The van der Waals surface area contributed by atoms with E-state index >= 15 is 0 Å². The van der Waals surface area contributed by atoms with E-state index in [1.54, 1.807) is 13.8 Å². The molecule has 0 radical (unpaired) electrons. The maximum atomic E-state index is 13.0. The fraction of sp³-hybridized carbons (Fsp3) is 0.765. The van der Waals surface area contributed by atoms with Crippen molar-refractivity contribution in [2.45, 2.75) is 64.4 Å². The smallest absolute Gasteiger partial charge is 0.319 e. The van der Waals surface area contributed by atoms with Gasteiger partial charge in [0, 0.05) is 5.92 Å². The van der Waals surface area contributed by atoms with Gasteiger partial charge in [0.1, 0.15) is 10.5 Å². The molecule has 0 fully saturated rings. The van der Waals surface area contributed by atoms with Crippen molar-refractivity contribution in [3.63, 3.8) is 0 Å². The van der Waals surface area contributed by atoms with E-state index in [-0.39, 0.29) is 28.3 Å². The Labute approximate surface area is 132 Å². The lowest BCUT2D eigenvalue weighted by molar-refractivity contribution is -0.138. The largest absolute Gasteiger partial charge is 0.480 e. The van der Waals surface area contributed by atoms with Crippen LogP contribution in [-0.2, 0) is 9.59 Å². The number of hydrogen-bond donors (Lipinski definition) is 1. The van der Waals surface area contributed by atoms with E-state index in [4.69, 9.17) is 0 Å². The number of hydrogen-bond acceptors (Lipinski definition) is 3. The first-order valence-electron chi connectivity index (χ1n) is 7.64. The lowest BCUT2D eigenvalue weighted by Gasteiger charge is -2.41. The molecule has 0 bridgehead atoms. The fourth-order valence-corrected chi connectivity index (χ4v) is 4.37. The van der Waals surface area contributed by atoms with Gasteiger partial charge in [-0.2, -0.15) is 0 Å². The summed E-state index contributed by atoms with van der Waals surface area (Å²) < 4.78 is -0.936. The van der Waals surface area contributed by atoms with Crippen molar-refractivity contribution in [1.29, 1.82) is 0 Å². The van der Waals surface area contributed by atoms with Crippen LogP contribution in [0.3, 0.4) is 0 Å². The van der Waals surface area contributed by atoms with Crippen molar-refractivity contribution in [2.24, 2.45) is 17.3 Å². The van der Waals surface area contributed by atoms with Gasteiger partial charge in [0.15, 0.2) is 0 Å². The normalized spacial score (nSPS) is 26.4. The maximum Gasteiger partial charge on any atom is 0.319 e. The van der Waals surface area contributed by atoms with Gasteiger partial charge in [0.05, 0.1) is 5.25 Å². The molecule has 1 aliphatic rings. The number of carboxylic acid groups (broad SMARTS) is 1. The number of allylic oxidation sites excluding steroid dienone is 2. The molecule has 0 aromatic heterocycles. The van der Waals surface area contributed by atoms with Crippen molar-refractivity contribution in [2.75, 3.05) is 0 Å². The van der Waals surface area contributed by atoms with Gasteiger partial charge >= 0.3 is 5.97 Å². The summed E-state index contributed by atoms with van der Waals surface area (Å²) in [4.78, 5) is 24.3. The zero-order valence-electron chi connectivity index (χ0n) is 14.0. The maximum absolute atomic E-state index is 13.0. The summed E-state index contributed by atoms with van der Waals surface area (Å²) >= 11 is 1.29. The molecule has 3 atom stereocenters. The summed E-state index contributed by atoms with van der Waals surface area (Å²) in [6.07, 6.45) is 5.84. The quantitative estimate of drug-likeness (QED) is 0.748. The predicted octanol–water partition coefficient (Wildman–Crippen LogP) is 4.17. The van der Waals surface area contributed by atoms with E-state index in [9.17, 15) is 14.7 Å². The average Bonchev–Trinajstić information content (AvgIpc) is 2.34. The van der Waals surface area contributed by atoms with Crippen LogP contribution in [0.2, 0.25) is 0 Å². The van der Waals surface area contributed by atoms with Crippen molar-refractivity contribution >= 4 is 23.5 Å². The fourth-order valence-electron chi connectivity index (χ4n) is 3.13. The van der Waals surface area contributed by atoms with Gasteiger partial charge in [0.2, 0.25) is 0 Å². The number of aliphatic carboxylic acids is 1. The second kappa shape index (κ2) is 6.55. The minimum absolute atomic E-state index is 0.0375. The Kier molecular flexibility index (Phi) is 5.70. The number of carbonyl (C=O) groups is 2. The van der Waals surface area contributed by atoms with Crippen LogP contribution in [0, 0.1) is 17.3 Å². The molecule has 0 heterocycles. The first-order chi connectivity index (χ1) is 9.53. The van der Waals surface area contributed by atoms with Crippen LogP contribution >= 0.6 is 11.8 Å². The molecule has 0 saturated heterocycles. The Bertz CT molecular complexity index is 437. The van der Waals surface area contributed by atoms with E-state index in [0.29, 0.717) is 6.42 Å². The highest BCUT2D eigenvalue weighted by molar-refractivity contribution is 8.02. The van der Waals surface area contributed by atoms with Crippen molar-refractivity contribution in [3.05, 3.63) is 12.2 Å². The second-order valence-corrected chi connectivity index (χ2v) is 9.02. The molecular weight excluding hydrogens is 284 g/mol. The third kappa shape index (κ3) is 4.12. The van der Waals surface area contributed by atoms with Gasteiger partial charge in [-0.25, -0.2) is 0 Å². The van der Waals surface area contributed by atoms with Crippen LogP contribution in [0.5, 0.6) is 0 Å². The van der Waals surface area contributed by atoms with Crippen molar-refractivity contribution < 1.29 is 14.7 Å². The molecule has 0 saturated carbocycles. The molecule has 0 aromatic carbocycles. The van der Waals surface area contributed by atoms with Crippen LogP contribution < -0.4 is 0 Å². The highest BCUT2D eigenvalue weighted by Gasteiger charge is 2.43.